The van der Waals surface area contributed by atoms with Gasteiger partial charge in [-0.25, -0.2) is 0 Å². The largest absolute Gasteiger partial charge is 0.348 e. The maximum Gasteiger partial charge on any atom is 0.0333 e. The molecule has 1 aliphatic heterocycles. The standard InChI is InChI=1S/C15H19N/c1-4-6-11-15(9-5-2)13-16-12-8-7-10-14(16)3/h4-12,15H,1,3,13H2,2H3/b9-5-,11-6-. The van der Waals surface area contributed by atoms with Crippen LogP contribution in [0.5, 0.6) is 0 Å². The molecule has 1 heterocycles. The predicted octanol–water partition coefficient (Wildman–Crippen LogP) is 3.82. The van der Waals surface area contributed by atoms with E-state index in [2.05, 4.69) is 42.5 Å². The molecule has 0 radical (unpaired) electrons. The Hall–Kier alpha value is -1.76. The van der Waals surface area contributed by atoms with E-state index in [0.717, 1.165) is 12.2 Å². The minimum atomic E-state index is 0.385. The molecule has 16 heavy (non-hydrogen) atoms. The van der Waals surface area contributed by atoms with Crippen molar-refractivity contribution in [3.05, 3.63) is 73.7 Å². The number of hydrogen-bond donors (Lipinski definition) is 0. The van der Waals surface area contributed by atoms with Crippen LogP contribution < -0.4 is 0 Å². The first-order chi connectivity index (χ1) is 7.77. The summed E-state index contributed by atoms with van der Waals surface area (Å²) in [7, 11) is 0. The van der Waals surface area contributed by atoms with Gasteiger partial charge in [-0.3, -0.25) is 0 Å². The number of hydrogen-bond acceptors (Lipinski definition) is 1. The van der Waals surface area contributed by atoms with Gasteiger partial charge in [-0.05, 0) is 19.1 Å². The Labute approximate surface area is 98.5 Å². The quantitative estimate of drug-likeness (QED) is 0.495. The van der Waals surface area contributed by atoms with E-state index in [1.54, 1.807) is 6.08 Å². The highest BCUT2D eigenvalue weighted by molar-refractivity contribution is 5.26. The van der Waals surface area contributed by atoms with Gasteiger partial charge in [-0.2, -0.15) is 0 Å². The highest BCUT2D eigenvalue weighted by Gasteiger charge is 2.08. The summed E-state index contributed by atoms with van der Waals surface area (Å²) in [5.41, 5.74) is 1.03. The van der Waals surface area contributed by atoms with E-state index < -0.39 is 0 Å². The number of rotatable bonds is 5. The van der Waals surface area contributed by atoms with Crippen LogP contribution in [0.1, 0.15) is 6.92 Å². The van der Waals surface area contributed by atoms with Crippen LogP contribution >= 0.6 is 0 Å². The van der Waals surface area contributed by atoms with Crippen molar-refractivity contribution in [3.8, 4) is 0 Å². The predicted molar refractivity (Wildman–Crippen MR) is 71.8 cm³/mol. The van der Waals surface area contributed by atoms with Gasteiger partial charge in [0.15, 0.2) is 0 Å². The van der Waals surface area contributed by atoms with Crippen LogP contribution in [0.25, 0.3) is 0 Å². The second-order valence-corrected chi connectivity index (χ2v) is 3.65. The Balaban J connectivity index is 2.64. The SMILES string of the molecule is C=C/C=C\C(/C=C\C)CN1C=CC=CC1=C. The van der Waals surface area contributed by atoms with Gasteiger partial charge >= 0.3 is 0 Å². The second-order valence-electron chi connectivity index (χ2n) is 3.65. The van der Waals surface area contributed by atoms with E-state index in [1.807, 2.05) is 31.2 Å². The highest BCUT2D eigenvalue weighted by Crippen LogP contribution is 2.14. The Morgan fingerprint density at radius 1 is 1.38 bits per heavy atom. The third-order valence-corrected chi connectivity index (χ3v) is 2.38. The third-order valence-electron chi connectivity index (χ3n) is 2.38. The molecule has 1 aliphatic rings. The summed E-state index contributed by atoms with van der Waals surface area (Å²) in [4.78, 5) is 2.15. The summed E-state index contributed by atoms with van der Waals surface area (Å²) in [5.74, 6) is 0.385. The molecule has 1 unspecified atom stereocenters. The lowest BCUT2D eigenvalue weighted by Gasteiger charge is -2.25. The van der Waals surface area contributed by atoms with Crippen LogP contribution in [0.2, 0.25) is 0 Å². The first-order valence-electron chi connectivity index (χ1n) is 5.50. The summed E-state index contributed by atoms with van der Waals surface area (Å²) in [6.45, 7) is 10.6. The van der Waals surface area contributed by atoms with Gasteiger partial charge in [0.2, 0.25) is 0 Å². The van der Waals surface area contributed by atoms with Crippen molar-refractivity contribution >= 4 is 0 Å². The number of nitrogens with zero attached hydrogens (tertiary/aromatic N) is 1. The van der Waals surface area contributed by atoms with E-state index in [-0.39, 0.29) is 0 Å². The lowest BCUT2D eigenvalue weighted by molar-refractivity contribution is 0.446. The third kappa shape index (κ3) is 3.77. The highest BCUT2D eigenvalue weighted by atomic mass is 15.1. The van der Waals surface area contributed by atoms with Crippen LogP contribution in [0.3, 0.4) is 0 Å². The van der Waals surface area contributed by atoms with Crippen molar-refractivity contribution in [2.75, 3.05) is 6.54 Å². The van der Waals surface area contributed by atoms with E-state index >= 15 is 0 Å². The van der Waals surface area contributed by atoms with Crippen molar-refractivity contribution in [1.82, 2.24) is 4.90 Å². The van der Waals surface area contributed by atoms with Crippen LogP contribution in [0.15, 0.2) is 73.7 Å². The van der Waals surface area contributed by atoms with Crippen molar-refractivity contribution < 1.29 is 0 Å². The van der Waals surface area contributed by atoms with Gasteiger partial charge < -0.3 is 4.90 Å². The molecule has 1 atom stereocenters. The van der Waals surface area contributed by atoms with E-state index in [9.17, 15) is 0 Å². The molecule has 0 aromatic heterocycles. The monoisotopic (exact) mass is 213 g/mol. The van der Waals surface area contributed by atoms with Gasteiger partial charge in [0.05, 0.1) is 0 Å². The smallest absolute Gasteiger partial charge is 0.0333 e. The molecule has 0 bridgehead atoms. The zero-order valence-corrected chi connectivity index (χ0v) is 9.84. The molecule has 0 amide bonds. The molecule has 1 rings (SSSR count). The molecule has 0 fully saturated rings. The first kappa shape index (κ1) is 12.3. The Kier molecular flexibility index (Phi) is 5.13. The van der Waals surface area contributed by atoms with Crippen LogP contribution in [0.4, 0.5) is 0 Å². The molecule has 0 aromatic rings. The van der Waals surface area contributed by atoms with Crippen LogP contribution in [-0.4, -0.2) is 11.4 Å². The molecule has 84 valence electrons. The molecular formula is C15H19N. The summed E-state index contributed by atoms with van der Waals surface area (Å²) in [5, 5.41) is 0. The number of allylic oxidation sites excluding steroid dienone is 6. The Morgan fingerprint density at radius 3 is 2.81 bits per heavy atom. The molecule has 1 nitrogen and oxygen atoms in total. The van der Waals surface area contributed by atoms with Crippen molar-refractivity contribution in [3.63, 3.8) is 0 Å². The summed E-state index contributed by atoms with van der Waals surface area (Å²) in [6, 6.07) is 0. The Morgan fingerprint density at radius 2 is 2.19 bits per heavy atom. The molecule has 0 N–H and O–H groups in total. The van der Waals surface area contributed by atoms with Gasteiger partial charge in [-0.1, -0.05) is 49.6 Å². The molecule has 1 heteroatoms. The fourth-order valence-corrected chi connectivity index (χ4v) is 1.57. The van der Waals surface area contributed by atoms with Crippen LogP contribution in [-0.2, 0) is 0 Å². The zero-order valence-electron chi connectivity index (χ0n) is 9.84. The maximum atomic E-state index is 4.01. The lowest BCUT2D eigenvalue weighted by atomic mass is 10.1. The topological polar surface area (TPSA) is 3.24 Å². The van der Waals surface area contributed by atoms with E-state index in [0.29, 0.717) is 5.92 Å². The molecule has 0 aliphatic carbocycles. The van der Waals surface area contributed by atoms with Crippen molar-refractivity contribution in [1.29, 1.82) is 0 Å². The fraction of sp³-hybridized carbons (Fsp3) is 0.200. The molecule has 0 saturated heterocycles. The van der Waals surface area contributed by atoms with Crippen molar-refractivity contribution in [2.45, 2.75) is 6.92 Å². The lowest BCUT2D eigenvalue weighted by Crippen LogP contribution is -2.22. The summed E-state index contributed by atoms with van der Waals surface area (Å²) < 4.78 is 0. The first-order valence-corrected chi connectivity index (χ1v) is 5.50. The summed E-state index contributed by atoms with van der Waals surface area (Å²) in [6.07, 6.45) is 18.3. The molecule has 0 aromatic carbocycles. The van der Waals surface area contributed by atoms with Gasteiger partial charge in [0.25, 0.3) is 0 Å². The maximum absolute atomic E-state index is 4.01. The van der Waals surface area contributed by atoms with E-state index in [1.165, 1.54) is 0 Å². The minimum Gasteiger partial charge on any atom is -0.348 e. The van der Waals surface area contributed by atoms with E-state index in [4.69, 9.17) is 0 Å². The zero-order chi connectivity index (χ0) is 11.8. The van der Waals surface area contributed by atoms with Gasteiger partial charge in [0.1, 0.15) is 0 Å². The fourth-order valence-electron chi connectivity index (χ4n) is 1.57. The molecule has 0 spiro atoms. The normalized spacial score (nSPS) is 17.6. The molecule has 0 saturated carbocycles. The van der Waals surface area contributed by atoms with Crippen LogP contribution in [0, 0.1) is 5.92 Å². The van der Waals surface area contributed by atoms with Gasteiger partial charge in [-0.15, -0.1) is 0 Å². The summed E-state index contributed by atoms with van der Waals surface area (Å²) >= 11 is 0. The average molecular weight is 213 g/mol. The Bertz CT molecular complexity index is 356. The average Bonchev–Trinajstić information content (AvgIpc) is 2.29. The molecular weight excluding hydrogens is 194 g/mol. The minimum absolute atomic E-state index is 0.385. The van der Waals surface area contributed by atoms with Gasteiger partial charge in [0, 0.05) is 24.4 Å². The van der Waals surface area contributed by atoms with Crippen molar-refractivity contribution in [2.24, 2.45) is 5.92 Å². The second kappa shape index (κ2) is 6.67.